The van der Waals surface area contributed by atoms with Gasteiger partial charge >= 0.3 is 0 Å². The molecule has 0 radical (unpaired) electrons. The molecule has 0 atom stereocenters. The van der Waals surface area contributed by atoms with Crippen LogP contribution >= 0.6 is 0 Å². The molecule has 3 aromatic heterocycles. The summed E-state index contributed by atoms with van der Waals surface area (Å²) in [6.45, 7) is 0.611. The third-order valence-corrected chi connectivity index (χ3v) is 3.73. The van der Waals surface area contributed by atoms with Gasteiger partial charge in [-0.05, 0) is 23.8 Å². The normalized spacial score (nSPS) is 10.9. The van der Waals surface area contributed by atoms with E-state index in [0.717, 1.165) is 5.56 Å². The molecule has 5 nitrogen and oxygen atoms in total. The van der Waals surface area contributed by atoms with Crippen LogP contribution in [-0.2, 0) is 6.54 Å². The standard InChI is InChI=1S/C18H14FN5/c19-16-6-2-1-5-14(16)15-12-22-24-9-7-17(23-18(15)24)21-11-13-4-3-8-20-10-13/h1-10,12H,11H2,(H,21,23). The number of aromatic nitrogens is 4. The Hall–Kier alpha value is -3.28. The van der Waals surface area contributed by atoms with Crippen LogP contribution in [0.5, 0.6) is 0 Å². The molecule has 0 bridgehead atoms. The quantitative estimate of drug-likeness (QED) is 0.625. The molecule has 1 N–H and O–H groups in total. The lowest BCUT2D eigenvalue weighted by atomic mass is 10.1. The van der Waals surface area contributed by atoms with Crippen LogP contribution in [0.3, 0.4) is 0 Å². The molecule has 0 aliphatic carbocycles. The molecule has 4 aromatic rings. The van der Waals surface area contributed by atoms with E-state index in [1.807, 2.05) is 18.2 Å². The number of fused-ring (bicyclic) bond motifs is 1. The number of hydrogen-bond acceptors (Lipinski definition) is 4. The summed E-state index contributed by atoms with van der Waals surface area (Å²) in [5.74, 6) is 0.410. The van der Waals surface area contributed by atoms with Crippen molar-refractivity contribution in [1.29, 1.82) is 0 Å². The summed E-state index contributed by atoms with van der Waals surface area (Å²) in [7, 11) is 0. The Labute approximate surface area is 137 Å². The monoisotopic (exact) mass is 319 g/mol. The van der Waals surface area contributed by atoms with Crippen LogP contribution < -0.4 is 5.32 Å². The highest BCUT2D eigenvalue weighted by molar-refractivity contribution is 5.78. The highest BCUT2D eigenvalue weighted by atomic mass is 19.1. The second-order valence-corrected chi connectivity index (χ2v) is 5.33. The molecule has 118 valence electrons. The van der Waals surface area contributed by atoms with Crippen LogP contribution in [0.25, 0.3) is 16.8 Å². The number of nitrogens with zero attached hydrogens (tertiary/aromatic N) is 4. The van der Waals surface area contributed by atoms with Gasteiger partial charge in [0.05, 0.1) is 6.20 Å². The lowest BCUT2D eigenvalue weighted by Gasteiger charge is -2.06. The van der Waals surface area contributed by atoms with Crippen molar-refractivity contribution in [2.45, 2.75) is 6.54 Å². The number of hydrogen-bond donors (Lipinski definition) is 1. The molecule has 6 heteroatoms. The Morgan fingerprint density at radius 1 is 1.00 bits per heavy atom. The fraction of sp³-hybridized carbons (Fsp3) is 0.0556. The van der Waals surface area contributed by atoms with Crippen molar-refractivity contribution in [2.24, 2.45) is 0 Å². The minimum atomic E-state index is -0.289. The second kappa shape index (κ2) is 6.08. The van der Waals surface area contributed by atoms with Crippen molar-refractivity contribution in [3.8, 4) is 11.1 Å². The number of nitrogens with one attached hydrogen (secondary N) is 1. The average Bonchev–Trinajstić information content (AvgIpc) is 3.04. The second-order valence-electron chi connectivity index (χ2n) is 5.33. The molecule has 4 rings (SSSR count). The highest BCUT2D eigenvalue weighted by Gasteiger charge is 2.12. The molecule has 0 saturated carbocycles. The molecule has 0 aliphatic heterocycles. The molecule has 0 fully saturated rings. The molecule has 3 heterocycles. The Bertz CT molecular complexity index is 981. The Morgan fingerprint density at radius 3 is 2.75 bits per heavy atom. The first-order valence-corrected chi connectivity index (χ1v) is 7.53. The van der Waals surface area contributed by atoms with Crippen molar-refractivity contribution < 1.29 is 4.39 Å². The third-order valence-electron chi connectivity index (χ3n) is 3.73. The largest absolute Gasteiger partial charge is 0.366 e. The van der Waals surface area contributed by atoms with Crippen LogP contribution in [0.1, 0.15) is 5.56 Å². The van der Waals surface area contributed by atoms with Gasteiger partial charge in [-0.15, -0.1) is 0 Å². The Morgan fingerprint density at radius 2 is 1.92 bits per heavy atom. The molecule has 0 spiro atoms. The summed E-state index contributed by atoms with van der Waals surface area (Å²) in [5, 5.41) is 7.50. The maximum absolute atomic E-state index is 14.1. The fourth-order valence-corrected chi connectivity index (χ4v) is 2.53. The number of benzene rings is 1. The summed E-state index contributed by atoms with van der Waals surface area (Å²) in [5.41, 5.74) is 2.82. The first kappa shape index (κ1) is 14.3. The molecule has 0 unspecified atom stereocenters. The maximum atomic E-state index is 14.1. The van der Waals surface area contributed by atoms with Crippen molar-refractivity contribution in [3.63, 3.8) is 0 Å². The lowest BCUT2D eigenvalue weighted by Crippen LogP contribution is -2.03. The van der Waals surface area contributed by atoms with Crippen LogP contribution in [0.2, 0.25) is 0 Å². The van der Waals surface area contributed by atoms with Gasteiger partial charge in [0.2, 0.25) is 0 Å². The first-order chi connectivity index (χ1) is 11.8. The SMILES string of the molecule is Fc1ccccc1-c1cnn2ccc(NCc3cccnc3)nc12. The summed E-state index contributed by atoms with van der Waals surface area (Å²) < 4.78 is 15.7. The number of rotatable bonds is 4. The van der Waals surface area contributed by atoms with Gasteiger partial charge in [0.15, 0.2) is 5.65 Å². The summed E-state index contributed by atoms with van der Waals surface area (Å²) in [6.07, 6.45) is 6.97. The van der Waals surface area contributed by atoms with Crippen molar-refractivity contribution >= 4 is 11.5 Å². The van der Waals surface area contributed by atoms with Gasteiger partial charge in [-0.25, -0.2) is 13.9 Å². The van der Waals surface area contributed by atoms with Crippen LogP contribution in [0, 0.1) is 5.82 Å². The van der Waals surface area contributed by atoms with E-state index in [9.17, 15) is 4.39 Å². The van der Waals surface area contributed by atoms with Crippen LogP contribution in [0.15, 0.2) is 67.3 Å². The van der Waals surface area contributed by atoms with Crippen molar-refractivity contribution in [2.75, 3.05) is 5.32 Å². The maximum Gasteiger partial charge on any atom is 0.165 e. The van der Waals surface area contributed by atoms with Crippen molar-refractivity contribution in [3.05, 3.63) is 78.6 Å². The topological polar surface area (TPSA) is 55.1 Å². The summed E-state index contributed by atoms with van der Waals surface area (Å²) in [6, 6.07) is 12.3. The van der Waals surface area contributed by atoms with E-state index in [-0.39, 0.29) is 5.82 Å². The fourth-order valence-electron chi connectivity index (χ4n) is 2.53. The molecule has 0 aliphatic rings. The summed E-state index contributed by atoms with van der Waals surface area (Å²) >= 11 is 0. The molecular formula is C18H14FN5. The van der Waals surface area contributed by atoms with Gasteiger partial charge < -0.3 is 5.32 Å². The molecule has 1 aromatic carbocycles. The first-order valence-electron chi connectivity index (χ1n) is 7.53. The zero-order valence-corrected chi connectivity index (χ0v) is 12.7. The molecule has 0 amide bonds. The van der Waals surface area contributed by atoms with E-state index in [0.29, 0.717) is 29.1 Å². The van der Waals surface area contributed by atoms with Crippen LogP contribution in [-0.4, -0.2) is 19.6 Å². The van der Waals surface area contributed by atoms with Gasteiger partial charge in [0.25, 0.3) is 0 Å². The van der Waals surface area contributed by atoms with Gasteiger partial charge in [0, 0.05) is 36.3 Å². The zero-order valence-electron chi connectivity index (χ0n) is 12.7. The molecule has 24 heavy (non-hydrogen) atoms. The predicted octanol–water partition coefficient (Wildman–Crippen LogP) is 3.54. The zero-order chi connectivity index (χ0) is 16.4. The van der Waals surface area contributed by atoms with E-state index >= 15 is 0 Å². The van der Waals surface area contributed by atoms with E-state index in [1.54, 1.807) is 47.5 Å². The number of pyridine rings is 1. The van der Waals surface area contributed by atoms with Gasteiger partial charge in [-0.3, -0.25) is 4.98 Å². The lowest BCUT2D eigenvalue weighted by molar-refractivity contribution is 0.631. The van der Waals surface area contributed by atoms with Gasteiger partial charge in [-0.1, -0.05) is 24.3 Å². The Balaban J connectivity index is 1.67. The predicted molar refractivity (Wildman–Crippen MR) is 89.9 cm³/mol. The highest BCUT2D eigenvalue weighted by Crippen LogP contribution is 2.26. The smallest absolute Gasteiger partial charge is 0.165 e. The van der Waals surface area contributed by atoms with Gasteiger partial charge in [-0.2, -0.15) is 5.10 Å². The van der Waals surface area contributed by atoms with Crippen molar-refractivity contribution in [1.82, 2.24) is 19.6 Å². The minimum Gasteiger partial charge on any atom is -0.366 e. The molecule has 0 saturated heterocycles. The number of halogens is 1. The molecular weight excluding hydrogens is 305 g/mol. The average molecular weight is 319 g/mol. The Kier molecular flexibility index (Phi) is 3.63. The van der Waals surface area contributed by atoms with E-state index in [2.05, 4.69) is 20.4 Å². The van der Waals surface area contributed by atoms with E-state index in [4.69, 9.17) is 0 Å². The minimum absolute atomic E-state index is 0.289. The third kappa shape index (κ3) is 2.69. The number of anilines is 1. The van der Waals surface area contributed by atoms with Crippen LogP contribution in [0.4, 0.5) is 10.2 Å². The van der Waals surface area contributed by atoms with Gasteiger partial charge in [0.1, 0.15) is 11.6 Å². The van der Waals surface area contributed by atoms with E-state index in [1.165, 1.54) is 6.07 Å². The summed E-state index contributed by atoms with van der Waals surface area (Å²) in [4.78, 5) is 8.66. The van der Waals surface area contributed by atoms with E-state index < -0.39 is 0 Å².